The Labute approximate surface area is 132 Å². The van der Waals surface area contributed by atoms with Gasteiger partial charge in [-0.15, -0.1) is 0 Å². The number of nitrogens with one attached hydrogen (secondary N) is 2. The molecule has 118 valence electrons. The van der Waals surface area contributed by atoms with Gasteiger partial charge >= 0.3 is 0 Å². The van der Waals surface area contributed by atoms with Crippen LogP contribution in [0, 0.1) is 6.92 Å². The topological polar surface area (TPSA) is 60.9 Å². The summed E-state index contributed by atoms with van der Waals surface area (Å²) in [5.74, 6) is 0. The van der Waals surface area contributed by atoms with Gasteiger partial charge in [0.1, 0.15) is 0 Å². The maximum absolute atomic E-state index is 10.5. The molecule has 0 amide bonds. The Morgan fingerprint density at radius 2 is 2.09 bits per heavy atom. The summed E-state index contributed by atoms with van der Waals surface area (Å²) in [4.78, 5) is 0. The number of nitrogens with zero attached hydrogens (tertiary/aromatic N) is 1. The molecule has 0 spiro atoms. The quantitative estimate of drug-likeness (QED) is 0.794. The second kappa shape index (κ2) is 6.63. The molecule has 4 heteroatoms. The predicted molar refractivity (Wildman–Crippen MR) is 88.5 cm³/mol. The normalized spacial score (nSPS) is 17.5. The number of H-pyrrole nitrogens is 1. The monoisotopic (exact) mass is 299 g/mol. The van der Waals surface area contributed by atoms with Crippen molar-refractivity contribution in [3.05, 3.63) is 41.6 Å². The van der Waals surface area contributed by atoms with Crippen LogP contribution in [0.1, 0.15) is 43.2 Å². The van der Waals surface area contributed by atoms with Crippen molar-refractivity contribution >= 4 is 0 Å². The van der Waals surface area contributed by atoms with Crippen LogP contribution in [0.4, 0.5) is 0 Å². The Kier molecular flexibility index (Phi) is 4.60. The van der Waals surface area contributed by atoms with Gasteiger partial charge in [-0.2, -0.15) is 5.10 Å². The Hall–Kier alpha value is -1.65. The van der Waals surface area contributed by atoms with Gasteiger partial charge in [0.2, 0.25) is 0 Å². The summed E-state index contributed by atoms with van der Waals surface area (Å²) < 4.78 is 0. The van der Waals surface area contributed by atoms with Crippen molar-refractivity contribution in [2.24, 2.45) is 0 Å². The second-order valence-electron chi connectivity index (χ2n) is 6.53. The average molecular weight is 299 g/mol. The molecule has 0 aliphatic heterocycles. The first kappa shape index (κ1) is 15.3. The zero-order chi connectivity index (χ0) is 15.4. The van der Waals surface area contributed by atoms with Crippen LogP contribution in [0.25, 0.3) is 11.3 Å². The van der Waals surface area contributed by atoms with Gasteiger partial charge in [-0.05, 0) is 25.8 Å². The lowest BCUT2D eigenvalue weighted by molar-refractivity contribution is 0.00468. The molecule has 4 nitrogen and oxygen atoms in total. The predicted octanol–water partition coefficient (Wildman–Crippen LogP) is 3.17. The zero-order valence-corrected chi connectivity index (χ0v) is 13.2. The van der Waals surface area contributed by atoms with Gasteiger partial charge in [0, 0.05) is 24.2 Å². The highest BCUT2D eigenvalue weighted by Crippen LogP contribution is 2.27. The molecule has 1 fully saturated rings. The van der Waals surface area contributed by atoms with Crippen LogP contribution in [0.5, 0.6) is 0 Å². The molecule has 1 aromatic carbocycles. The molecular formula is C18H25N3O. The fraction of sp³-hybridized carbons (Fsp3) is 0.500. The van der Waals surface area contributed by atoms with E-state index in [0.717, 1.165) is 49.0 Å². The molecule has 0 atom stereocenters. The maximum atomic E-state index is 10.5. The van der Waals surface area contributed by atoms with E-state index in [4.69, 9.17) is 0 Å². The lowest BCUT2D eigenvalue weighted by Crippen LogP contribution is -2.41. The van der Waals surface area contributed by atoms with Gasteiger partial charge < -0.3 is 10.4 Å². The number of hydrogen-bond acceptors (Lipinski definition) is 3. The third-order valence-electron chi connectivity index (χ3n) is 4.58. The summed E-state index contributed by atoms with van der Waals surface area (Å²) in [6.07, 6.45) is 7.22. The van der Waals surface area contributed by atoms with E-state index in [9.17, 15) is 5.11 Å². The average Bonchev–Trinajstić information content (AvgIpc) is 2.96. The maximum Gasteiger partial charge on any atom is 0.0771 e. The van der Waals surface area contributed by atoms with Gasteiger partial charge in [-0.1, -0.05) is 43.0 Å². The second-order valence-corrected chi connectivity index (χ2v) is 6.53. The van der Waals surface area contributed by atoms with E-state index in [-0.39, 0.29) is 0 Å². The molecule has 1 saturated carbocycles. The minimum atomic E-state index is -0.522. The smallest absolute Gasteiger partial charge is 0.0771 e. The van der Waals surface area contributed by atoms with Crippen LogP contribution in [-0.4, -0.2) is 27.4 Å². The Morgan fingerprint density at radius 3 is 2.86 bits per heavy atom. The molecule has 1 aromatic heterocycles. The van der Waals surface area contributed by atoms with Gasteiger partial charge in [0.15, 0.2) is 0 Å². The minimum Gasteiger partial charge on any atom is -0.389 e. The van der Waals surface area contributed by atoms with Crippen LogP contribution in [0.2, 0.25) is 0 Å². The molecule has 0 bridgehead atoms. The fourth-order valence-electron chi connectivity index (χ4n) is 3.31. The third kappa shape index (κ3) is 3.57. The first-order valence-electron chi connectivity index (χ1n) is 8.19. The third-order valence-corrected chi connectivity index (χ3v) is 4.58. The lowest BCUT2D eigenvalue weighted by atomic mass is 9.85. The fourth-order valence-corrected chi connectivity index (χ4v) is 3.31. The van der Waals surface area contributed by atoms with E-state index in [1.165, 1.54) is 12.0 Å². The van der Waals surface area contributed by atoms with E-state index in [2.05, 4.69) is 46.7 Å². The summed E-state index contributed by atoms with van der Waals surface area (Å²) in [7, 11) is 0. The minimum absolute atomic E-state index is 0.522. The van der Waals surface area contributed by atoms with Crippen LogP contribution in [0.15, 0.2) is 30.5 Å². The van der Waals surface area contributed by atoms with Crippen LogP contribution < -0.4 is 5.32 Å². The SMILES string of the molecule is Cc1cccc(-c2[nH]ncc2CNCC2(O)CCCCC2)c1. The van der Waals surface area contributed by atoms with Gasteiger partial charge in [0.25, 0.3) is 0 Å². The first-order chi connectivity index (χ1) is 10.7. The molecule has 2 aromatic rings. The van der Waals surface area contributed by atoms with E-state index < -0.39 is 5.60 Å². The number of aryl methyl sites for hydroxylation is 1. The molecule has 1 aliphatic carbocycles. The van der Waals surface area contributed by atoms with E-state index in [0.29, 0.717) is 6.54 Å². The van der Waals surface area contributed by atoms with Crippen molar-refractivity contribution in [2.75, 3.05) is 6.54 Å². The van der Waals surface area contributed by atoms with E-state index in [1.54, 1.807) is 0 Å². The van der Waals surface area contributed by atoms with Crippen molar-refractivity contribution in [3.8, 4) is 11.3 Å². The summed E-state index contributed by atoms with van der Waals surface area (Å²) in [6.45, 7) is 3.48. The largest absolute Gasteiger partial charge is 0.389 e. The summed E-state index contributed by atoms with van der Waals surface area (Å²) >= 11 is 0. The van der Waals surface area contributed by atoms with Crippen LogP contribution >= 0.6 is 0 Å². The van der Waals surface area contributed by atoms with Crippen molar-refractivity contribution in [1.29, 1.82) is 0 Å². The number of aromatic amines is 1. The Morgan fingerprint density at radius 1 is 1.27 bits per heavy atom. The summed E-state index contributed by atoms with van der Waals surface area (Å²) in [5.41, 5.74) is 4.08. The highest BCUT2D eigenvalue weighted by atomic mass is 16.3. The Bertz CT molecular complexity index is 614. The van der Waals surface area contributed by atoms with Gasteiger partial charge in [-0.25, -0.2) is 0 Å². The zero-order valence-electron chi connectivity index (χ0n) is 13.2. The van der Waals surface area contributed by atoms with Crippen LogP contribution in [-0.2, 0) is 6.54 Å². The number of aromatic nitrogens is 2. The van der Waals surface area contributed by atoms with E-state index in [1.807, 2.05) is 6.20 Å². The van der Waals surface area contributed by atoms with Crippen LogP contribution in [0.3, 0.4) is 0 Å². The van der Waals surface area contributed by atoms with Crippen molar-refractivity contribution in [2.45, 2.75) is 51.2 Å². The molecule has 3 N–H and O–H groups in total. The van der Waals surface area contributed by atoms with Gasteiger partial charge in [0.05, 0.1) is 17.5 Å². The van der Waals surface area contributed by atoms with Crippen molar-refractivity contribution in [1.82, 2.24) is 15.5 Å². The molecule has 1 aliphatic rings. The molecule has 0 unspecified atom stereocenters. The summed E-state index contributed by atoms with van der Waals surface area (Å²) in [6, 6.07) is 8.41. The highest BCUT2D eigenvalue weighted by molar-refractivity contribution is 5.63. The number of aliphatic hydroxyl groups is 1. The molecule has 1 heterocycles. The Balaban J connectivity index is 1.63. The first-order valence-corrected chi connectivity index (χ1v) is 8.19. The number of rotatable bonds is 5. The molecule has 0 saturated heterocycles. The number of benzene rings is 1. The summed E-state index contributed by atoms with van der Waals surface area (Å²) in [5, 5.41) is 21.2. The van der Waals surface area contributed by atoms with Crippen molar-refractivity contribution < 1.29 is 5.11 Å². The molecule has 3 rings (SSSR count). The van der Waals surface area contributed by atoms with Gasteiger partial charge in [-0.3, -0.25) is 5.10 Å². The lowest BCUT2D eigenvalue weighted by Gasteiger charge is -2.32. The van der Waals surface area contributed by atoms with Crippen molar-refractivity contribution in [3.63, 3.8) is 0 Å². The van der Waals surface area contributed by atoms with E-state index >= 15 is 0 Å². The highest BCUT2D eigenvalue weighted by Gasteiger charge is 2.28. The number of hydrogen-bond donors (Lipinski definition) is 3. The standard InChI is InChI=1S/C18H25N3O/c1-14-6-5-7-15(10-14)17-16(12-20-21-17)11-19-13-18(22)8-3-2-4-9-18/h5-7,10,12,19,22H,2-4,8-9,11,13H2,1H3,(H,20,21). The molecular weight excluding hydrogens is 274 g/mol. The molecule has 22 heavy (non-hydrogen) atoms. The molecule has 0 radical (unpaired) electrons.